The average Bonchev–Trinajstić information content (AvgIpc) is 2.77. The van der Waals surface area contributed by atoms with Crippen LogP contribution in [0.15, 0.2) is 0 Å². The fourth-order valence-corrected chi connectivity index (χ4v) is 3.35. The van der Waals surface area contributed by atoms with Crippen LogP contribution < -0.4 is 5.32 Å². The zero-order chi connectivity index (χ0) is 13.0. The summed E-state index contributed by atoms with van der Waals surface area (Å²) in [6, 6.07) is 0.519. The van der Waals surface area contributed by atoms with Crippen molar-refractivity contribution in [2.24, 2.45) is 5.92 Å². The quantitative estimate of drug-likeness (QED) is 0.840. The maximum Gasteiger partial charge on any atom is 0.389 e. The summed E-state index contributed by atoms with van der Waals surface area (Å²) >= 11 is 0. The highest BCUT2D eigenvalue weighted by Crippen LogP contribution is 2.29. The number of alkyl halides is 3. The molecule has 0 radical (unpaired) electrons. The van der Waals surface area contributed by atoms with E-state index in [2.05, 4.69) is 10.2 Å². The van der Waals surface area contributed by atoms with Crippen molar-refractivity contribution in [3.63, 3.8) is 0 Å². The fraction of sp³-hybridized carbons (Fsp3) is 1.00. The first-order chi connectivity index (χ1) is 8.56. The van der Waals surface area contributed by atoms with Crippen LogP contribution in [0.25, 0.3) is 0 Å². The molecule has 2 saturated heterocycles. The van der Waals surface area contributed by atoms with E-state index in [0.29, 0.717) is 18.5 Å². The van der Waals surface area contributed by atoms with Gasteiger partial charge in [0.1, 0.15) is 0 Å². The Morgan fingerprint density at radius 3 is 2.67 bits per heavy atom. The number of rotatable bonds is 4. The van der Waals surface area contributed by atoms with Gasteiger partial charge in [0, 0.05) is 12.5 Å². The van der Waals surface area contributed by atoms with Crippen molar-refractivity contribution in [2.75, 3.05) is 26.2 Å². The molecular formula is C13H23F3N2. The van der Waals surface area contributed by atoms with Gasteiger partial charge in [0.2, 0.25) is 0 Å². The third kappa shape index (κ3) is 4.12. The van der Waals surface area contributed by atoms with E-state index in [1.807, 2.05) is 0 Å². The van der Waals surface area contributed by atoms with E-state index in [0.717, 1.165) is 26.1 Å². The van der Waals surface area contributed by atoms with E-state index in [9.17, 15) is 13.2 Å². The van der Waals surface area contributed by atoms with E-state index in [-0.39, 0.29) is 6.42 Å². The Kier molecular flexibility index (Phi) is 4.90. The molecule has 0 aliphatic carbocycles. The summed E-state index contributed by atoms with van der Waals surface area (Å²) in [5, 5.41) is 3.41. The van der Waals surface area contributed by atoms with E-state index < -0.39 is 12.6 Å². The molecule has 2 fully saturated rings. The van der Waals surface area contributed by atoms with Crippen LogP contribution in [0.1, 0.15) is 38.5 Å². The van der Waals surface area contributed by atoms with Crippen molar-refractivity contribution in [2.45, 2.75) is 50.7 Å². The molecule has 0 aromatic carbocycles. The lowest BCUT2D eigenvalue weighted by Crippen LogP contribution is -2.43. The van der Waals surface area contributed by atoms with Crippen LogP contribution in [-0.2, 0) is 0 Å². The number of nitrogens with one attached hydrogen (secondary N) is 1. The van der Waals surface area contributed by atoms with Crippen molar-refractivity contribution in [3.05, 3.63) is 0 Å². The molecule has 2 rings (SSSR count). The summed E-state index contributed by atoms with van der Waals surface area (Å²) in [7, 11) is 0. The summed E-state index contributed by atoms with van der Waals surface area (Å²) in [4.78, 5) is 2.30. The van der Waals surface area contributed by atoms with E-state index >= 15 is 0 Å². The lowest BCUT2D eigenvalue weighted by Gasteiger charge is -2.34. The highest BCUT2D eigenvalue weighted by molar-refractivity contribution is 4.87. The first-order valence-corrected chi connectivity index (χ1v) is 7.08. The van der Waals surface area contributed by atoms with E-state index in [1.54, 1.807) is 0 Å². The lowest BCUT2D eigenvalue weighted by molar-refractivity contribution is -0.136. The molecule has 1 N–H and O–H groups in total. The van der Waals surface area contributed by atoms with Gasteiger partial charge < -0.3 is 10.2 Å². The molecule has 0 aromatic rings. The van der Waals surface area contributed by atoms with Crippen LogP contribution in [0, 0.1) is 5.92 Å². The van der Waals surface area contributed by atoms with E-state index in [1.165, 1.54) is 19.3 Å². The Labute approximate surface area is 107 Å². The molecular weight excluding hydrogens is 241 g/mol. The summed E-state index contributed by atoms with van der Waals surface area (Å²) in [5.74, 6) is 0.645. The molecule has 2 atom stereocenters. The molecule has 0 aromatic heterocycles. The van der Waals surface area contributed by atoms with Gasteiger partial charge in [0.05, 0.1) is 0 Å². The Morgan fingerprint density at radius 2 is 2.00 bits per heavy atom. The number of likely N-dealkylation sites (tertiary alicyclic amines) is 1. The van der Waals surface area contributed by atoms with Crippen molar-refractivity contribution < 1.29 is 13.2 Å². The van der Waals surface area contributed by atoms with Crippen molar-refractivity contribution in [1.82, 2.24) is 10.2 Å². The normalized spacial score (nSPS) is 30.8. The van der Waals surface area contributed by atoms with Gasteiger partial charge in [-0.3, -0.25) is 0 Å². The van der Waals surface area contributed by atoms with Crippen LogP contribution in [0.3, 0.4) is 0 Å². The minimum absolute atomic E-state index is 0.250. The minimum Gasteiger partial charge on any atom is -0.316 e. The van der Waals surface area contributed by atoms with Crippen LogP contribution >= 0.6 is 0 Å². The maximum absolute atomic E-state index is 12.2. The van der Waals surface area contributed by atoms with Gasteiger partial charge >= 0.3 is 6.18 Å². The molecule has 0 spiro atoms. The third-order valence-corrected chi connectivity index (χ3v) is 4.20. The fourth-order valence-electron chi connectivity index (χ4n) is 3.35. The van der Waals surface area contributed by atoms with Crippen LogP contribution in [0.5, 0.6) is 0 Å². The number of hydrogen-bond acceptors (Lipinski definition) is 2. The summed E-state index contributed by atoms with van der Waals surface area (Å²) < 4.78 is 36.5. The standard InChI is InChI=1S/C13H23F3N2/c14-13(15,16)6-3-9-18-8-2-5-12(18)11-4-1-7-17-10-11/h11-12,17H,1-10H2. The Hall–Kier alpha value is -0.290. The first-order valence-electron chi connectivity index (χ1n) is 7.08. The van der Waals surface area contributed by atoms with Crippen LogP contribution in [-0.4, -0.2) is 43.3 Å². The molecule has 2 aliphatic rings. The molecule has 0 amide bonds. The number of hydrogen-bond donors (Lipinski definition) is 1. The number of halogens is 3. The van der Waals surface area contributed by atoms with Gasteiger partial charge in [-0.05, 0) is 64.2 Å². The van der Waals surface area contributed by atoms with Gasteiger partial charge in [-0.2, -0.15) is 13.2 Å². The van der Waals surface area contributed by atoms with Crippen LogP contribution in [0.2, 0.25) is 0 Å². The molecule has 2 heterocycles. The second-order valence-corrected chi connectivity index (χ2v) is 5.57. The molecule has 2 aliphatic heterocycles. The van der Waals surface area contributed by atoms with E-state index in [4.69, 9.17) is 0 Å². The largest absolute Gasteiger partial charge is 0.389 e. The molecule has 0 saturated carbocycles. The Morgan fingerprint density at radius 1 is 1.17 bits per heavy atom. The van der Waals surface area contributed by atoms with Crippen molar-refractivity contribution in [1.29, 1.82) is 0 Å². The minimum atomic E-state index is -4.00. The highest BCUT2D eigenvalue weighted by Gasteiger charge is 2.33. The van der Waals surface area contributed by atoms with Crippen LogP contribution in [0.4, 0.5) is 13.2 Å². The topological polar surface area (TPSA) is 15.3 Å². The summed E-state index contributed by atoms with van der Waals surface area (Å²) in [6.07, 6.45) is 0.359. The maximum atomic E-state index is 12.2. The van der Waals surface area contributed by atoms with Gasteiger partial charge in [0.15, 0.2) is 0 Å². The molecule has 106 valence electrons. The summed E-state index contributed by atoms with van der Waals surface area (Å²) in [5.41, 5.74) is 0. The zero-order valence-corrected chi connectivity index (χ0v) is 10.8. The van der Waals surface area contributed by atoms with Crippen molar-refractivity contribution in [3.8, 4) is 0 Å². The van der Waals surface area contributed by atoms with Gasteiger partial charge in [0.25, 0.3) is 0 Å². The molecule has 0 bridgehead atoms. The zero-order valence-electron chi connectivity index (χ0n) is 10.8. The second kappa shape index (κ2) is 6.24. The second-order valence-electron chi connectivity index (χ2n) is 5.57. The molecule has 2 unspecified atom stereocenters. The lowest BCUT2D eigenvalue weighted by atomic mass is 9.90. The van der Waals surface area contributed by atoms with Gasteiger partial charge in [-0.25, -0.2) is 0 Å². The first kappa shape index (κ1) is 14.1. The Balaban J connectivity index is 1.76. The smallest absolute Gasteiger partial charge is 0.316 e. The van der Waals surface area contributed by atoms with Crippen molar-refractivity contribution >= 4 is 0 Å². The molecule has 5 heteroatoms. The number of piperidine rings is 1. The monoisotopic (exact) mass is 264 g/mol. The summed E-state index contributed by atoms with van der Waals surface area (Å²) in [6.45, 7) is 3.73. The number of nitrogens with zero attached hydrogens (tertiary/aromatic N) is 1. The van der Waals surface area contributed by atoms with Gasteiger partial charge in [-0.1, -0.05) is 0 Å². The predicted molar refractivity (Wildman–Crippen MR) is 65.5 cm³/mol. The third-order valence-electron chi connectivity index (χ3n) is 4.20. The van der Waals surface area contributed by atoms with Gasteiger partial charge in [-0.15, -0.1) is 0 Å². The molecule has 18 heavy (non-hydrogen) atoms. The average molecular weight is 264 g/mol. The highest BCUT2D eigenvalue weighted by atomic mass is 19.4. The Bertz CT molecular complexity index is 249. The predicted octanol–water partition coefficient (Wildman–Crippen LogP) is 2.79. The SMILES string of the molecule is FC(F)(F)CCCN1CCCC1C1CCCNC1. The molecule has 2 nitrogen and oxygen atoms in total.